The Balaban J connectivity index is 3.60. The number of anilines is 1. The average Bonchev–Trinajstić information content (AvgIpc) is 2.07. The lowest BCUT2D eigenvalue weighted by atomic mass is 10.3. The minimum atomic E-state index is -4.57. The Kier molecular flexibility index (Phi) is 2.54. The molecule has 1 aromatic rings. The summed E-state index contributed by atoms with van der Waals surface area (Å²) in [5.41, 5.74) is 0.00259. The van der Waals surface area contributed by atoms with E-state index >= 15 is 0 Å². The quantitative estimate of drug-likeness (QED) is 0.325. The second-order valence-corrected chi connectivity index (χ2v) is 3.89. The van der Waals surface area contributed by atoms with Crippen molar-refractivity contribution in [3.05, 3.63) is 12.1 Å². The Morgan fingerprint density at radius 1 is 1.29 bits per heavy atom. The number of benzene rings is 1. The first kappa shape index (κ1) is 10.6. The van der Waals surface area contributed by atoms with Crippen LogP contribution in [-0.4, -0.2) is 30.2 Å². The molecule has 1 aromatic carbocycles. The molecular weight excluding hydrogens is 210 g/mol. The zero-order valence-electron chi connectivity index (χ0n) is 7.22. The first-order valence-electron chi connectivity index (χ1n) is 3.58. The Bertz CT molecular complexity index is 453. The van der Waals surface area contributed by atoms with Gasteiger partial charge in [-0.25, -0.2) is 0 Å². The summed E-state index contributed by atoms with van der Waals surface area (Å²) >= 11 is 0. The predicted octanol–water partition coefficient (Wildman–Crippen LogP) is 0.386. The Labute approximate surface area is 80.6 Å². The second-order valence-electron chi connectivity index (χ2n) is 2.54. The van der Waals surface area contributed by atoms with E-state index in [1.807, 2.05) is 0 Å². The summed E-state index contributed by atoms with van der Waals surface area (Å²) < 4.78 is 30.4. The van der Waals surface area contributed by atoms with Crippen molar-refractivity contribution in [3.8, 4) is 11.5 Å². The maximum Gasteiger partial charge on any atom is 0.300 e. The molecule has 0 aliphatic carbocycles. The number of hydrogen-bond acceptors (Lipinski definition) is 5. The molecule has 0 unspecified atom stereocenters. The molecule has 0 spiro atoms. The molecule has 6 nitrogen and oxygen atoms in total. The van der Waals surface area contributed by atoms with Gasteiger partial charge in [0.25, 0.3) is 10.1 Å². The van der Waals surface area contributed by atoms with E-state index in [2.05, 4.69) is 5.32 Å². The van der Waals surface area contributed by atoms with Gasteiger partial charge in [-0.2, -0.15) is 8.42 Å². The lowest BCUT2D eigenvalue weighted by molar-refractivity contribution is 0.389. The molecule has 0 fully saturated rings. The van der Waals surface area contributed by atoms with Crippen LogP contribution in [0.1, 0.15) is 0 Å². The highest BCUT2D eigenvalue weighted by molar-refractivity contribution is 7.86. The first-order valence-corrected chi connectivity index (χ1v) is 5.02. The van der Waals surface area contributed by atoms with Gasteiger partial charge in [0, 0.05) is 7.05 Å². The van der Waals surface area contributed by atoms with Gasteiger partial charge in [-0.1, -0.05) is 0 Å². The molecule has 0 radical (unpaired) electrons. The Morgan fingerprint density at radius 3 is 2.29 bits per heavy atom. The van der Waals surface area contributed by atoms with Crippen molar-refractivity contribution in [1.82, 2.24) is 0 Å². The zero-order valence-corrected chi connectivity index (χ0v) is 8.04. The van der Waals surface area contributed by atoms with E-state index in [0.717, 1.165) is 6.07 Å². The van der Waals surface area contributed by atoms with Crippen LogP contribution < -0.4 is 5.32 Å². The van der Waals surface area contributed by atoms with Gasteiger partial charge < -0.3 is 15.5 Å². The van der Waals surface area contributed by atoms with E-state index in [1.165, 1.54) is 13.1 Å². The maximum atomic E-state index is 10.8. The van der Waals surface area contributed by atoms with Gasteiger partial charge >= 0.3 is 0 Å². The molecule has 0 saturated heterocycles. The van der Waals surface area contributed by atoms with Crippen molar-refractivity contribution < 1.29 is 23.2 Å². The van der Waals surface area contributed by atoms with Gasteiger partial charge in [0.2, 0.25) is 0 Å². The lowest BCUT2D eigenvalue weighted by Gasteiger charge is -2.08. The third-order valence-electron chi connectivity index (χ3n) is 1.64. The number of nitrogens with one attached hydrogen (secondary N) is 1. The second kappa shape index (κ2) is 3.35. The molecule has 0 aliphatic heterocycles. The largest absolute Gasteiger partial charge is 0.504 e. The number of hydrogen-bond donors (Lipinski definition) is 4. The maximum absolute atomic E-state index is 10.8. The summed E-state index contributed by atoms with van der Waals surface area (Å²) in [4.78, 5) is -0.736. The first-order chi connectivity index (χ1) is 6.38. The summed E-state index contributed by atoms with van der Waals surface area (Å²) in [5.74, 6) is -1.49. The molecule has 0 aromatic heterocycles. The van der Waals surface area contributed by atoms with E-state index in [-0.39, 0.29) is 5.69 Å². The van der Waals surface area contributed by atoms with Crippen molar-refractivity contribution in [2.75, 3.05) is 12.4 Å². The molecule has 0 heterocycles. The molecule has 0 amide bonds. The topological polar surface area (TPSA) is 107 Å². The number of rotatable bonds is 2. The highest BCUT2D eigenvalue weighted by Gasteiger charge is 2.22. The molecule has 0 bridgehead atoms. The number of phenolic OH excluding ortho intramolecular Hbond substituents is 2. The van der Waals surface area contributed by atoms with E-state index in [1.54, 1.807) is 0 Å². The number of phenols is 2. The standard InChI is InChI=1S/C7H9NO5S/c1-8-4-2-3-5(9)6(10)7(4)14(11,12)13/h2-3,8-10H,1H3,(H,11,12,13). The highest BCUT2D eigenvalue weighted by atomic mass is 32.2. The van der Waals surface area contributed by atoms with Crippen LogP contribution in [-0.2, 0) is 10.1 Å². The molecule has 1 rings (SSSR count). The van der Waals surface area contributed by atoms with Crippen molar-refractivity contribution in [1.29, 1.82) is 0 Å². The van der Waals surface area contributed by atoms with Gasteiger partial charge in [-0.05, 0) is 12.1 Å². The van der Waals surface area contributed by atoms with E-state index < -0.39 is 26.5 Å². The molecule has 0 atom stereocenters. The zero-order chi connectivity index (χ0) is 10.9. The smallest absolute Gasteiger partial charge is 0.300 e. The molecule has 14 heavy (non-hydrogen) atoms. The van der Waals surface area contributed by atoms with Crippen LogP contribution in [0.2, 0.25) is 0 Å². The van der Waals surface area contributed by atoms with Gasteiger partial charge in [0.15, 0.2) is 16.4 Å². The Morgan fingerprint density at radius 2 is 1.86 bits per heavy atom. The molecule has 0 saturated carbocycles. The van der Waals surface area contributed by atoms with Crippen molar-refractivity contribution >= 4 is 15.8 Å². The third kappa shape index (κ3) is 1.73. The average molecular weight is 219 g/mol. The molecule has 7 heteroatoms. The fourth-order valence-corrected chi connectivity index (χ4v) is 1.82. The van der Waals surface area contributed by atoms with Crippen molar-refractivity contribution in [2.24, 2.45) is 0 Å². The fourth-order valence-electron chi connectivity index (χ4n) is 1.02. The minimum Gasteiger partial charge on any atom is -0.504 e. The summed E-state index contributed by atoms with van der Waals surface area (Å²) in [7, 11) is -3.15. The summed E-state index contributed by atoms with van der Waals surface area (Å²) in [6, 6.07) is 2.33. The van der Waals surface area contributed by atoms with Gasteiger partial charge in [-0.15, -0.1) is 0 Å². The molecule has 0 aliphatic rings. The van der Waals surface area contributed by atoms with Crippen molar-refractivity contribution in [2.45, 2.75) is 4.90 Å². The normalized spacial score (nSPS) is 11.3. The van der Waals surface area contributed by atoms with Gasteiger partial charge in [-0.3, -0.25) is 4.55 Å². The lowest BCUT2D eigenvalue weighted by Crippen LogP contribution is -2.03. The summed E-state index contributed by atoms with van der Waals surface area (Å²) in [6.07, 6.45) is 0. The van der Waals surface area contributed by atoms with Crippen LogP contribution in [0.15, 0.2) is 17.0 Å². The Hall–Kier alpha value is -1.47. The number of aromatic hydroxyl groups is 2. The van der Waals surface area contributed by atoms with Crippen LogP contribution in [0.25, 0.3) is 0 Å². The van der Waals surface area contributed by atoms with E-state index in [9.17, 15) is 13.5 Å². The van der Waals surface area contributed by atoms with Gasteiger partial charge in [0.05, 0.1) is 5.69 Å². The fraction of sp³-hybridized carbons (Fsp3) is 0.143. The molecule has 4 N–H and O–H groups in total. The molecule has 78 valence electrons. The summed E-state index contributed by atoms with van der Waals surface area (Å²) in [6.45, 7) is 0. The SMILES string of the molecule is CNc1ccc(O)c(O)c1S(=O)(=O)O. The van der Waals surface area contributed by atoms with E-state index in [4.69, 9.17) is 9.66 Å². The van der Waals surface area contributed by atoms with Crippen LogP contribution in [0.5, 0.6) is 11.5 Å². The van der Waals surface area contributed by atoms with Crippen LogP contribution >= 0.6 is 0 Å². The van der Waals surface area contributed by atoms with Gasteiger partial charge in [0.1, 0.15) is 0 Å². The monoisotopic (exact) mass is 219 g/mol. The highest BCUT2D eigenvalue weighted by Crippen LogP contribution is 2.37. The molecular formula is C7H9NO5S. The predicted molar refractivity (Wildman–Crippen MR) is 49.1 cm³/mol. The van der Waals surface area contributed by atoms with Crippen LogP contribution in [0, 0.1) is 0 Å². The van der Waals surface area contributed by atoms with E-state index in [0.29, 0.717) is 0 Å². The van der Waals surface area contributed by atoms with Crippen molar-refractivity contribution in [3.63, 3.8) is 0 Å². The third-order valence-corrected chi connectivity index (χ3v) is 2.57. The minimum absolute atomic E-state index is 0.00259. The van der Waals surface area contributed by atoms with Crippen LogP contribution in [0.3, 0.4) is 0 Å². The summed E-state index contributed by atoms with van der Waals surface area (Å²) in [5, 5.41) is 20.7. The van der Waals surface area contributed by atoms with Crippen LogP contribution in [0.4, 0.5) is 5.69 Å².